The molecule has 3 unspecified atom stereocenters. The Kier molecular flexibility index (Phi) is 8.20. The van der Waals surface area contributed by atoms with Gasteiger partial charge in [0, 0.05) is 6.07 Å². The highest BCUT2D eigenvalue weighted by Crippen LogP contribution is 2.46. The van der Waals surface area contributed by atoms with Crippen LogP contribution in [0.25, 0.3) is 11.2 Å². The minimum atomic E-state index is -3.77. The van der Waals surface area contributed by atoms with Crippen molar-refractivity contribution in [3.05, 3.63) is 30.9 Å². The molecule has 39 heavy (non-hydrogen) atoms. The summed E-state index contributed by atoms with van der Waals surface area (Å²) in [6.45, 7) is 3.88. The molecule has 1 aliphatic carbocycles. The second kappa shape index (κ2) is 11.8. The largest absolute Gasteiger partial charge is 0.461 e. The highest BCUT2D eigenvalue weighted by Gasteiger charge is 2.33. The van der Waals surface area contributed by atoms with Crippen LogP contribution in [0.4, 0.5) is 5.82 Å². The number of nitrogens with one attached hydrogen (secondary N) is 1. The van der Waals surface area contributed by atoms with Crippen LogP contribution < -0.4 is 24.8 Å². The highest BCUT2D eigenvalue weighted by molar-refractivity contribution is 7.57. The summed E-state index contributed by atoms with van der Waals surface area (Å²) in [5.41, 5.74) is 6.94. The molecule has 3 heterocycles. The molecule has 0 radical (unpaired) electrons. The van der Waals surface area contributed by atoms with Crippen molar-refractivity contribution in [3.63, 3.8) is 0 Å². The van der Waals surface area contributed by atoms with Crippen molar-refractivity contribution in [1.29, 1.82) is 0 Å². The van der Waals surface area contributed by atoms with E-state index in [1.165, 1.54) is 6.33 Å². The number of nitrogens with zero attached hydrogens (tertiary/aromatic N) is 4. The molecule has 0 saturated heterocycles. The van der Waals surface area contributed by atoms with Gasteiger partial charge in [-0.2, -0.15) is 0 Å². The van der Waals surface area contributed by atoms with E-state index >= 15 is 0 Å². The summed E-state index contributed by atoms with van der Waals surface area (Å²) in [7, 11) is -3.77. The topological polar surface area (TPSA) is 162 Å². The van der Waals surface area contributed by atoms with Crippen molar-refractivity contribution >= 4 is 30.5 Å². The summed E-state index contributed by atoms with van der Waals surface area (Å²) in [4.78, 5) is 25.3. The van der Waals surface area contributed by atoms with E-state index in [0.29, 0.717) is 29.2 Å². The summed E-state index contributed by atoms with van der Waals surface area (Å²) < 4.78 is 44.2. The Morgan fingerprint density at radius 2 is 1.97 bits per heavy atom. The Morgan fingerprint density at radius 1 is 1.18 bits per heavy atom. The smallest absolute Gasteiger partial charge is 0.342 e. The predicted molar refractivity (Wildman–Crippen MR) is 142 cm³/mol. The molecule has 13 nitrogen and oxygen atoms in total. The van der Waals surface area contributed by atoms with Crippen LogP contribution in [0.2, 0.25) is 0 Å². The number of nitrogen functional groups attached to an aromatic ring is 1. The number of imidazole rings is 1. The van der Waals surface area contributed by atoms with Gasteiger partial charge in [0.05, 0.1) is 19.0 Å². The van der Waals surface area contributed by atoms with Gasteiger partial charge in [-0.25, -0.2) is 20.0 Å². The summed E-state index contributed by atoms with van der Waals surface area (Å²) >= 11 is 0. The van der Waals surface area contributed by atoms with Crippen LogP contribution in [0.15, 0.2) is 30.9 Å². The van der Waals surface area contributed by atoms with Gasteiger partial charge in [-0.1, -0.05) is 6.42 Å². The third-order valence-corrected chi connectivity index (χ3v) is 8.36. The average molecular weight is 561 g/mol. The lowest BCUT2D eigenvalue weighted by molar-refractivity contribution is -0.152. The van der Waals surface area contributed by atoms with Crippen molar-refractivity contribution in [2.24, 2.45) is 0 Å². The summed E-state index contributed by atoms with van der Waals surface area (Å²) in [5.74, 6) is 1.13. The Hall–Kier alpha value is -3.41. The standard InChI is InChI=1S/C25H33N6O7P/c1-16(11-31-13-29-22-23(26)27-12-28-24(22)31)36-15-39(33,38-19-8-9-20-21(10-19)35-14-34-20)30-17(2)25(32)37-18-6-4-3-5-7-18/h8-10,12-13,16-18H,3-7,11,14-15H2,1-2H3,(H,30,33)(H2,26,27,28). The van der Waals surface area contributed by atoms with Gasteiger partial charge in [0.15, 0.2) is 23.0 Å². The molecule has 0 bridgehead atoms. The van der Waals surface area contributed by atoms with Gasteiger partial charge in [-0.15, -0.1) is 0 Å². The lowest BCUT2D eigenvalue weighted by Gasteiger charge is -2.27. The molecule has 1 aromatic carbocycles. The maximum absolute atomic E-state index is 14.1. The number of carbonyl (C=O) groups is 1. The number of rotatable bonds is 11. The minimum Gasteiger partial charge on any atom is -0.461 e. The number of ether oxygens (including phenoxy) is 4. The van der Waals surface area contributed by atoms with Gasteiger partial charge in [-0.3, -0.25) is 9.36 Å². The van der Waals surface area contributed by atoms with Crippen molar-refractivity contribution in [2.75, 3.05) is 18.9 Å². The number of esters is 1. The number of fused-ring (bicyclic) bond motifs is 2. The van der Waals surface area contributed by atoms with Crippen LogP contribution in [0.5, 0.6) is 17.2 Å². The molecular weight excluding hydrogens is 527 g/mol. The maximum atomic E-state index is 14.1. The van der Waals surface area contributed by atoms with Crippen LogP contribution in [0, 0.1) is 0 Å². The van der Waals surface area contributed by atoms with E-state index in [0.717, 1.165) is 32.1 Å². The minimum absolute atomic E-state index is 0.0961. The van der Waals surface area contributed by atoms with Crippen LogP contribution in [0.1, 0.15) is 46.0 Å². The lowest BCUT2D eigenvalue weighted by atomic mass is 9.98. The molecular formula is C25H33N6O7P. The number of aromatic nitrogens is 4. The number of hydrogen-bond donors (Lipinski definition) is 2. The molecule has 2 aromatic heterocycles. The Labute approximate surface area is 225 Å². The first-order valence-corrected chi connectivity index (χ1v) is 14.8. The van der Waals surface area contributed by atoms with Crippen LogP contribution >= 0.6 is 7.52 Å². The van der Waals surface area contributed by atoms with E-state index in [-0.39, 0.29) is 30.8 Å². The Balaban J connectivity index is 1.27. The van der Waals surface area contributed by atoms with Crippen LogP contribution in [-0.4, -0.2) is 56.9 Å². The molecule has 3 N–H and O–H groups in total. The first kappa shape index (κ1) is 27.2. The van der Waals surface area contributed by atoms with Gasteiger partial charge in [0.2, 0.25) is 6.79 Å². The maximum Gasteiger partial charge on any atom is 0.342 e. The molecule has 0 spiro atoms. The number of nitrogens with two attached hydrogens (primary N) is 1. The fourth-order valence-corrected chi connectivity index (χ4v) is 6.36. The molecule has 3 aromatic rings. The van der Waals surface area contributed by atoms with Crippen molar-refractivity contribution < 1.29 is 32.8 Å². The quantitative estimate of drug-likeness (QED) is 0.259. The Morgan fingerprint density at radius 3 is 2.79 bits per heavy atom. The average Bonchev–Trinajstić information content (AvgIpc) is 3.56. The Bertz CT molecular complexity index is 1360. The second-order valence-corrected chi connectivity index (χ2v) is 11.8. The van der Waals surface area contributed by atoms with Gasteiger partial charge in [0.1, 0.15) is 36.1 Å². The summed E-state index contributed by atoms with van der Waals surface area (Å²) in [6.07, 6.45) is 6.99. The summed E-state index contributed by atoms with van der Waals surface area (Å²) in [5, 5.41) is 2.86. The van der Waals surface area contributed by atoms with Gasteiger partial charge in [0.25, 0.3) is 0 Å². The highest BCUT2D eigenvalue weighted by atomic mass is 31.2. The normalized spacial score (nSPS) is 18.4. The van der Waals surface area contributed by atoms with E-state index in [4.69, 9.17) is 29.2 Å². The molecule has 210 valence electrons. The molecule has 1 saturated carbocycles. The number of benzene rings is 1. The molecule has 0 amide bonds. The summed E-state index contributed by atoms with van der Waals surface area (Å²) in [6, 6.07) is 4.00. The van der Waals surface area contributed by atoms with Crippen molar-refractivity contribution in [2.45, 2.75) is 70.7 Å². The third-order valence-electron chi connectivity index (χ3n) is 6.59. The third kappa shape index (κ3) is 6.60. The van der Waals surface area contributed by atoms with Crippen LogP contribution in [0.3, 0.4) is 0 Å². The monoisotopic (exact) mass is 560 g/mol. The molecule has 1 aliphatic heterocycles. The number of anilines is 1. The fraction of sp³-hybridized carbons (Fsp3) is 0.520. The SMILES string of the molecule is CC(Cn1cnc2c(N)ncnc21)OCP(=O)(NC(C)C(=O)OC1CCCCC1)Oc1ccc2c(c1)OCO2. The first-order chi connectivity index (χ1) is 18.8. The van der Waals surface area contributed by atoms with E-state index in [1.807, 2.05) is 6.92 Å². The zero-order valence-corrected chi connectivity index (χ0v) is 22.8. The van der Waals surface area contributed by atoms with Gasteiger partial charge in [-0.05, 0) is 51.7 Å². The molecule has 14 heteroatoms. The van der Waals surface area contributed by atoms with Gasteiger partial charge < -0.3 is 33.8 Å². The second-order valence-electron chi connectivity index (χ2n) is 9.76. The molecule has 2 aliphatic rings. The number of carbonyl (C=O) groups excluding carboxylic acids is 1. The van der Waals surface area contributed by atoms with Crippen molar-refractivity contribution in [3.8, 4) is 17.2 Å². The number of hydrogen-bond acceptors (Lipinski definition) is 11. The van der Waals surface area contributed by atoms with Gasteiger partial charge >= 0.3 is 13.5 Å². The van der Waals surface area contributed by atoms with E-state index in [2.05, 4.69) is 20.0 Å². The zero-order valence-electron chi connectivity index (χ0n) is 21.9. The van der Waals surface area contributed by atoms with E-state index in [1.54, 1.807) is 36.0 Å². The lowest BCUT2D eigenvalue weighted by Crippen LogP contribution is -2.38. The zero-order chi connectivity index (χ0) is 27.4. The first-order valence-electron chi connectivity index (χ1n) is 13.0. The van der Waals surface area contributed by atoms with E-state index in [9.17, 15) is 9.36 Å². The molecule has 1 fully saturated rings. The van der Waals surface area contributed by atoms with E-state index < -0.39 is 25.6 Å². The van der Waals surface area contributed by atoms with Crippen molar-refractivity contribution in [1.82, 2.24) is 24.6 Å². The fourth-order valence-electron chi connectivity index (χ4n) is 4.58. The predicted octanol–water partition coefficient (Wildman–Crippen LogP) is 3.63. The van der Waals surface area contributed by atoms with Crippen LogP contribution in [-0.2, 0) is 25.4 Å². The molecule has 5 rings (SSSR count). The molecule has 3 atom stereocenters.